The molecule has 3 heterocycles. The zero-order valence-corrected chi connectivity index (χ0v) is 53.8. The fourth-order valence-electron chi connectivity index (χ4n) is 20.6. The topological polar surface area (TPSA) is 144 Å². The van der Waals surface area contributed by atoms with Gasteiger partial charge in [-0.25, -0.2) is 0 Å². The Morgan fingerprint density at radius 1 is 0.411 bits per heavy atom. The van der Waals surface area contributed by atoms with Crippen LogP contribution in [0.1, 0.15) is 202 Å². The zero-order valence-electron chi connectivity index (χ0n) is 53.8. The van der Waals surface area contributed by atoms with Crippen molar-refractivity contribution in [1.82, 2.24) is 29.7 Å². The predicted octanol–water partition coefficient (Wildman–Crippen LogP) is 10.9. The summed E-state index contributed by atoms with van der Waals surface area (Å²) in [5, 5.41) is 14.9. The van der Waals surface area contributed by atoms with E-state index in [1.165, 1.54) is 33.4 Å². The van der Waals surface area contributed by atoms with Crippen LogP contribution in [0.15, 0.2) is 91.4 Å². The number of ether oxygens (including phenoxy) is 3. The minimum atomic E-state index is -0.115. The third-order valence-electron chi connectivity index (χ3n) is 25.4. The Morgan fingerprint density at radius 2 is 0.711 bits per heavy atom. The number of benzene rings is 4. The molecule has 0 spiro atoms. The smallest absolute Gasteiger partial charge is 0.204 e. The summed E-state index contributed by atoms with van der Waals surface area (Å²) in [4.78, 5) is 38.9. The van der Waals surface area contributed by atoms with Crippen molar-refractivity contribution in [2.45, 2.75) is 194 Å². The van der Waals surface area contributed by atoms with Crippen LogP contribution in [0.4, 0.5) is 0 Å². The van der Waals surface area contributed by atoms with Gasteiger partial charge in [0.2, 0.25) is 17.1 Å². The minimum absolute atomic E-state index is 0.115. The maximum absolute atomic E-state index is 13.0. The lowest BCUT2D eigenvalue weighted by molar-refractivity contribution is -0.749. The number of aryl methyl sites for hydroxylation is 6. The summed E-state index contributed by atoms with van der Waals surface area (Å²) < 4.78 is 31.4. The van der Waals surface area contributed by atoms with Crippen molar-refractivity contribution in [3.63, 3.8) is 0 Å². The fourth-order valence-corrected chi connectivity index (χ4v) is 20.6. The number of Topliss-reactive ketones (excluding diaryl/α,β-unsaturated/α-hetero) is 3. The van der Waals surface area contributed by atoms with Gasteiger partial charge in [-0.3, -0.25) is 14.4 Å². The molecule has 9 aliphatic carbocycles. The van der Waals surface area contributed by atoms with Gasteiger partial charge in [0.15, 0.2) is 38.4 Å². The van der Waals surface area contributed by atoms with E-state index < -0.39 is 0 Å². The second-order valence-electron chi connectivity index (χ2n) is 30.1. The average Bonchev–Trinajstić information content (AvgIpc) is 1.45. The van der Waals surface area contributed by atoms with Gasteiger partial charge in [-0.1, -0.05) is 39.0 Å². The first kappa shape index (κ1) is 57.8. The van der Waals surface area contributed by atoms with Crippen LogP contribution in [0.3, 0.4) is 0 Å². The van der Waals surface area contributed by atoms with Gasteiger partial charge in [0.25, 0.3) is 0 Å². The van der Waals surface area contributed by atoms with Gasteiger partial charge in [-0.15, -0.1) is 28.1 Å². The molecule has 0 unspecified atom stereocenters. The summed E-state index contributed by atoms with van der Waals surface area (Å²) in [5.74, 6) is 9.13. The highest BCUT2D eigenvalue weighted by Crippen LogP contribution is 2.62. The molecule has 0 aliphatic heterocycles. The number of rotatable bonds is 15. The highest BCUT2D eigenvalue weighted by Gasteiger charge is 2.57. The normalized spacial score (nSPS) is 30.3. The van der Waals surface area contributed by atoms with E-state index in [9.17, 15) is 14.4 Å². The Kier molecular flexibility index (Phi) is 14.3. The van der Waals surface area contributed by atoms with E-state index >= 15 is 0 Å². The molecule has 9 aliphatic rings. The van der Waals surface area contributed by atoms with Crippen molar-refractivity contribution in [3.05, 3.63) is 159 Å². The van der Waals surface area contributed by atoms with Crippen LogP contribution in [0, 0.1) is 51.8 Å². The largest absolute Gasteiger partial charge is 0.485 e. The molecule has 16 rings (SSSR count). The number of aromatic nitrogens is 9. The molecule has 6 fully saturated rings. The Hall–Kier alpha value is -7.29. The Balaban J connectivity index is 0.608. The first-order valence-electron chi connectivity index (χ1n) is 34.3. The zero-order chi connectivity index (χ0) is 61.4. The number of nitrogens with zero attached hydrogens (tertiary/aromatic N) is 9. The van der Waals surface area contributed by atoms with E-state index in [0.29, 0.717) is 110 Å². The van der Waals surface area contributed by atoms with Crippen LogP contribution in [-0.2, 0) is 94.2 Å². The van der Waals surface area contributed by atoms with E-state index in [0.717, 1.165) is 167 Å². The maximum atomic E-state index is 13.0. The molecule has 0 radical (unpaired) electrons. The van der Waals surface area contributed by atoms with Crippen molar-refractivity contribution in [1.29, 1.82) is 0 Å². The van der Waals surface area contributed by atoms with E-state index in [2.05, 4.69) is 112 Å². The molecule has 6 saturated carbocycles. The fraction of sp³-hybridized carbons (Fsp3) is 0.560. The van der Waals surface area contributed by atoms with Crippen molar-refractivity contribution in [2.24, 2.45) is 72.9 Å². The number of fused-ring (bicyclic) bond motifs is 15. The van der Waals surface area contributed by atoms with Gasteiger partial charge in [0, 0.05) is 35.5 Å². The van der Waals surface area contributed by atoms with Crippen LogP contribution in [0.2, 0.25) is 0 Å². The first-order chi connectivity index (χ1) is 43.5. The average molecular weight is 1210 g/mol. The lowest BCUT2D eigenvalue weighted by Gasteiger charge is -2.48. The van der Waals surface area contributed by atoms with Crippen LogP contribution in [-0.4, -0.2) is 47.0 Å². The van der Waals surface area contributed by atoms with Crippen LogP contribution in [0.5, 0.6) is 17.2 Å². The van der Waals surface area contributed by atoms with Crippen molar-refractivity contribution in [3.8, 4) is 17.2 Å². The highest BCUT2D eigenvalue weighted by molar-refractivity contribution is 5.88. The molecular formula is C75H90N9O6+3. The second kappa shape index (κ2) is 22.2. The third kappa shape index (κ3) is 9.98. The molecule has 90 heavy (non-hydrogen) atoms. The Labute approximate surface area is 529 Å². The van der Waals surface area contributed by atoms with Gasteiger partial charge in [-0.05, 0) is 254 Å². The molecular weight excluding hydrogens is 1120 g/mol. The Bertz CT molecular complexity index is 3610. The molecule has 0 bridgehead atoms. The van der Waals surface area contributed by atoms with Gasteiger partial charge in [0.1, 0.15) is 75.4 Å². The van der Waals surface area contributed by atoms with Crippen molar-refractivity contribution in [2.75, 3.05) is 0 Å². The molecule has 0 amide bonds. The molecule has 15 nitrogen and oxygen atoms in total. The first-order valence-corrected chi connectivity index (χ1v) is 34.3. The number of hydrogen-bond donors (Lipinski definition) is 0. The molecule has 468 valence electrons. The molecule has 15 heteroatoms. The summed E-state index contributed by atoms with van der Waals surface area (Å²) in [7, 11) is 5.97. The van der Waals surface area contributed by atoms with Gasteiger partial charge < -0.3 is 14.2 Å². The number of carbonyl (C=O) groups is 3. The van der Waals surface area contributed by atoms with Gasteiger partial charge >= 0.3 is 0 Å². The lowest BCUT2D eigenvalue weighted by Crippen LogP contribution is -2.42. The monoisotopic (exact) mass is 1210 g/mol. The SMILES string of the molecule is Cn1n[n+](Cc2cc(C[n+]3cc(COc4ccc5c(c4)CC[C@@H]4[C@@H]5CC[C@]5(C)C(=O)CC[C@@H]45)n(C)n3)cc(C[n+]3cc(COc4ccc5c(c4)CC[C@@H]4[C@@H]5CC[C@]5(C)C(=O)CC[C@@H]45)n(C)n3)c2)cc1COc1ccc2c(c1)CC[C@@H]1[C@@H]2CC[C@]2(C)C(=O)CC[C@@H]12. The molecule has 7 aromatic rings. The maximum Gasteiger partial charge on any atom is 0.204 e. The van der Waals surface area contributed by atoms with E-state index in [1.54, 1.807) is 0 Å². The van der Waals surface area contributed by atoms with Crippen LogP contribution >= 0.6 is 0 Å². The number of ketones is 3. The van der Waals surface area contributed by atoms with E-state index in [4.69, 9.17) is 29.9 Å². The molecule has 12 atom stereocenters. The second-order valence-corrected chi connectivity index (χ2v) is 30.1. The summed E-state index contributed by atoms with van der Waals surface area (Å²) in [6.07, 6.45) is 24.7. The lowest BCUT2D eigenvalue weighted by atomic mass is 9.55. The molecule has 0 N–H and O–H groups in total. The summed E-state index contributed by atoms with van der Waals surface area (Å²) in [6, 6.07) is 27.0. The van der Waals surface area contributed by atoms with E-state index in [-0.39, 0.29) is 16.2 Å². The molecule has 0 saturated heterocycles. The summed E-state index contributed by atoms with van der Waals surface area (Å²) >= 11 is 0. The third-order valence-corrected chi connectivity index (χ3v) is 25.4. The number of carbonyl (C=O) groups excluding carboxylic acids is 3. The summed E-state index contributed by atoms with van der Waals surface area (Å²) in [6.45, 7) is 9.63. The highest BCUT2D eigenvalue weighted by atomic mass is 16.5. The standard InChI is InChI=1S/C75H90N9O6/c1-73-28-25-61-58-16-10-55(34-49(58)7-13-64(61)67(73)19-22-70(73)85)88-43-52-40-82(76-79(52)4)37-46-31-47(38-83-41-53(80(5)77-83)44-89-56-11-17-59-50(35-56)8-14-65-62(59)26-29-74(2)68(65)20-23-71(74)86)33-48(32-46)39-84-42-54(81(6)78-84)45-90-57-12-18-60-51(36-57)9-15-66-63(60)27-30-75(3)69(66)21-24-72(75)87/h10-12,16-18,31-36,40-42,61-69H,7-9,13-15,19-30,37-39,43-45H2,1-6H3/q+3/t61-,62-,63-,64-,65-,66-,67+,68+,69+,73+,74+,75+/m1/s1. The molecule has 4 aromatic carbocycles. The van der Waals surface area contributed by atoms with E-state index in [1.807, 2.05) is 49.2 Å². The quantitative estimate of drug-likeness (QED) is 0.0916. The predicted molar refractivity (Wildman–Crippen MR) is 335 cm³/mol. The van der Waals surface area contributed by atoms with Crippen LogP contribution < -0.4 is 28.3 Å². The van der Waals surface area contributed by atoms with Crippen molar-refractivity contribution < 1.29 is 42.6 Å². The van der Waals surface area contributed by atoms with Crippen LogP contribution in [0.25, 0.3) is 0 Å². The van der Waals surface area contributed by atoms with Gasteiger partial charge in [-0.2, -0.15) is 0 Å². The minimum Gasteiger partial charge on any atom is -0.485 e. The summed E-state index contributed by atoms with van der Waals surface area (Å²) in [5.41, 5.74) is 14.6. The Morgan fingerprint density at radius 3 is 1.01 bits per heavy atom. The number of hydrogen-bond acceptors (Lipinski definition) is 9. The van der Waals surface area contributed by atoms with Crippen molar-refractivity contribution >= 4 is 17.3 Å². The molecule has 3 aromatic heterocycles. The van der Waals surface area contributed by atoms with Gasteiger partial charge in [0.05, 0.1) is 15.6 Å².